The number of carbonyl (C=O) groups excluding carboxylic acids is 1. The first kappa shape index (κ1) is 20.2. The number of likely N-dealkylation sites (tertiary alicyclic amines) is 1. The number of hydrogen-bond acceptors (Lipinski definition) is 4. The highest BCUT2D eigenvalue weighted by molar-refractivity contribution is 5.99. The van der Waals surface area contributed by atoms with Gasteiger partial charge in [-0.15, -0.1) is 0 Å². The van der Waals surface area contributed by atoms with Gasteiger partial charge in [-0.1, -0.05) is 42.8 Å². The summed E-state index contributed by atoms with van der Waals surface area (Å²) in [5, 5.41) is 3.13. The smallest absolute Gasteiger partial charge is 0.258 e. The molecule has 1 saturated heterocycles. The summed E-state index contributed by atoms with van der Waals surface area (Å²) >= 11 is 0. The SMILES string of the molecule is COc1cccc(OC)c1C(=O)NCC(Cc1ccccc1)N1CCCCC1. The largest absolute Gasteiger partial charge is 0.496 e. The Kier molecular flexibility index (Phi) is 7.31. The van der Waals surface area contributed by atoms with E-state index in [1.165, 1.54) is 24.8 Å². The Bertz CT molecular complexity index is 735. The summed E-state index contributed by atoms with van der Waals surface area (Å²) in [4.78, 5) is 15.5. The summed E-state index contributed by atoms with van der Waals surface area (Å²) in [7, 11) is 3.13. The Hall–Kier alpha value is -2.53. The van der Waals surface area contributed by atoms with Crippen LogP contribution in [-0.2, 0) is 6.42 Å². The van der Waals surface area contributed by atoms with Crippen LogP contribution in [-0.4, -0.2) is 50.7 Å². The quantitative estimate of drug-likeness (QED) is 0.759. The normalized spacial score (nSPS) is 15.6. The Morgan fingerprint density at radius 2 is 1.61 bits per heavy atom. The van der Waals surface area contributed by atoms with Gasteiger partial charge in [0.05, 0.1) is 14.2 Å². The molecule has 2 aromatic rings. The van der Waals surface area contributed by atoms with Gasteiger partial charge in [0.1, 0.15) is 17.1 Å². The molecule has 150 valence electrons. The molecule has 0 spiro atoms. The van der Waals surface area contributed by atoms with Crippen LogP contribution >= 0.6 is 0 Å². The van der Waals surface area contributed by atoms with E-state index >= 15 is 0 Å². The van der Waals surface area contributed by atoms with Gasteiger partial charge in [-0.3, -0.25) is 9.69 Å². The van der Waals surface area contributed by atoms with E-state index in [0.29, 0.717) is 23.6 Å². The van der Waals surface area contributed by atoms with Crippen LogP contribution in [0.1, 0.15) is 35.2 Å². The first-order valence-electron chi connectivity index (χ1n) is 10.00. The molecule has 1 N–H and O–H groups in total. The van der Waals surface area contributed by atoms with E-state index in [0.717, 1.165) is 19.5 Å². The molecule has 1 heterocycles. The molecule has 3 rings (SSSR count). The van der Waals surface area contributed by atoms with Crippen LogP contribution in [0.3, 0.4) is 0 Å². The lowest BCUT2D eigenvalue weighted by Gasteiger charge is -2.35. The first-order valence-corrected chi connectivity index (χ1v) is 10.00. The number of benzene rings is 2. The average Bonchev–Trinajstić information content (AvgIpc) is 2.77. The highest BCUT2D eigenvalue weighted by Crippen LogP contribution is 2.28. The van der Waals surface area contributed by atoms with Gasteiger partial charge in [-0.25, -0.2) is 0 Å². The van der Waals surface area contributed by atoms with Crippen molar-refractivity contribution in [3.63, 3.8) is 0 Å². The zero-order valence-corrected chi connectivity index (χ0v) is 16.8. The maximum atomic E-state index is 13.0. The molecule has 0 aliphatic carbocycles. The minimum atomic E-state index is -0.163. The van der Waals surface area contributed by atoms with Crippen LogP contribution < -0.4 is 14.8 Å². The fourth-order valence-electron chi connectivity index (χ4n) is 3.87. The van der Waals surface area contributed by atoms with Gasteiger partial charge in [0.15, 0.2) is 0 Å². The summed E-state index contributed by atoms with van der Waals surface area (Å²) in [6, 6.07) is 16.1. The van der Waals surface area contributed by atoms with Crippen molar-refractivity contribution in [3.05, 3.63) is 59.7 Å². The predicted molar refractivity (Wildman–Crippen MR) is 111 cm³/mol. The molecule has 0 bridgehead atoms. The molecule has 28 heavy (non-hydrogen) atoms. The van der Waals surface area contributed by atoms with Gasteiger partial charge >= 0.3 is 0 Å². The van der Waals surface area contributed by atoms with E-state index in [4.69, 9.17) is 9.47 Å². The Balaban J connectivity index is 1.73. The van der Waals surface area contributed by atoms with Crippen molar-refractivity contribution in [2.75, 3.05) is 33.9 Å². The highest BCUT2D eigenvalue weighted by atomic mass is 16.5. The second-order valence-electron chi connectivity index (χ2n) is 7.19. The molecule has 5 heteroatoms. The van der Waals surface area contributed by atoms with E-state index < -0.39 is 0 Å². The summed E-state index contributed by atoms with van der Waals surface area (Å²) in [6.45, 7) is 2.77. The number of carbonyl (C=O) groups is 1. The molecule has 1 unspecified atom stereocenters. The van der Waals surface area contributed by atoms with Crippen molar-refractivity contribution in [2.24, 2.45) is 0 Å². The van der Waals surface area contributed by atoms with Crippen LogP contribution in [0.2, 0.25) is 0 Å². The Morgan fingerprint density at radius 1 is 0.964 bits per heavy atom. The molecule has 1 aliphatic heterocycles. The molecule has 0 aromatic heterocycles. The monoisotopic (exact) mass is 382 g/mol. The molecule has 1 aliphatic rings. The van der Waals surface area contributed by atoms with Crippen molar-refractivity contribution in [1.29, 1.82) is 0 Å². The topological polar surface area (TPSA) is 50.8 Å². The maximum Gasteiger partial charge on any atom is 0.258 e. The van der Waals surface area contributed by atoms with Gasteiger partial charge in [0.25, 0.3) is 5.91 Å². The molecule has 1 fully saturated rings. The van der Waals surface area contributed by atoms with Gasteiger partial charge in [-0.2, -0.15) is 0 Å². The summed E-state index contributed by atoms with van der Waals surface area (Å²) in [5.41, 5.74) is 1.74. The molecule has 1 amide bonds. The second kappa shape index (κ2) is 10.1. The van der Waals surface area contributed by atoms with Crippen LogP contribution in [0.4, 0.5) is 0 Å². The van der Waals surface area contributed by atoms with Crippen LogP contribution in [0.25, 0.3) is 0 Å². The first-order chi connectivity index (χ1) is 13.7. The lowest BCUT2D eigenvalue weighted by molar-refractivity contribution is 0.0918. The minimum absolute atomic E-state index is 0.163. The molecular formula is C23H30N2O3. The minimum Gasteiger partial charge on any atom is -0.496 e. The van der Waals surface area contributed by atoms with E-state index in [2.05, 4.69) is 34.5 Å². The Morgan fingerprint density at radius 3 is 2.21 bits per heavy atom. The number of ether oxygens (including phenoxy) is 2. The average molecular weight is 383 g/mol. The van der Waals surface area contributed by atoms with Gasteiger partial charge in [-0.05, 0) is 50.0 Å². The predicted octanol–water partition coefficient (Wildman–Crippen LogP) is 3.53. The zero-order chi connectivity index (χ0) is 19.8. The summed E-state index contributed by atoms with van der Waals surface area (Å²) < 4.78 is 10.8. The number of methoxy groups -OCH3 is 2. The molecule has 0 saturated carbocycles. The van der Waals surface area contributed by atoms with Crippen LogP contribution in [0.15, 0.2) is 48.5 Å². The number of rotatable bonds is 8. The maximum absolute atomic E-state index is 13.0. The van der Waals surface area contributed by atoms with Gasteiger partial charge in [0, 0.05) is 12.6 Å². The lowest BCUT2D eigenvalue weighted by Crippen LogP contribution is -2.47. The van der Waals surface area contributed by atoms with Crippen molar-refractivity contribution >= 4 is 5.91 Å². The lowest BCUT2D eigenvalue weighted by atomic mass is 10.0. The van der Waals surface area contributed by atoms with Crippen LogP contribution in [0, 0.1) is 0 Å². The Labute approximate surface area is 167 Å². The molecular weight excluding hydrogens is 352 g/mol. The fraction of sp³-hybridized carbons (Fsp3) is 0.435. The third-order valence-corrected chi connectivity index (χ3v) is 5.37. The molecule has 5 nitrogen and oxygen atoms in total. The van der Waals surface area contributed by atoms with E-state index in [-0.39, 0.29) is 11.9 Å². The van der Waals surface area contributed by atoms with E-state index in [9.17, 15) is 4.79 Å². The number of hydrogen-bond donors (Lipinski definition) is 1. The standard InChI is InChI=1S/C23H30N2O3/c1-27-20-12-9-13-21(28-2)22(20)23(26)24-17-19(25-14-7-4-8-15-25)16-18-10-5-3-6-11-18/h3,5-6,9-13,19H,4,7-8,14-17H2,1-2H3,(H,24,26). The van der Waals surface area contributed by atoms with Crippen molar-refractivity contribution in [3.8, 4) is 11.5 Å². The van der Waals surface area contributed by atoms with Crippen molar-refractivity contribution in [1.82, 2.24) is 10.2 Å². The molecule has 2 aromatic carbocycles. The summed E-state index contributed by atoms with van der Waals surface area (Å²) in [6.07, 6.45) is 4.66. The fourth-order valence-corrected chi connectivity index (χ4v) is 3.87. The van der Waals surface area contributed by atoms with Gasteiger partial charge in [0.2, 0.25) is 0 Å². The zero-order valence-electron chi connectivity index (χ0n) is 16.8. The van der Waals surface area contributed by atoms with E-state index in [1.54, 1.807) is 26.4 Å². The molecule has 0 radical (unpaired) electrons. The molecule has 1 atom stereocenters. The van der Waals surface area contributed by atoms with E-state index in [1.807, 2.05) is 12.1 Å². The second-order valence-corrected chi connectivity index (χ2v) is 7.19. The third kappa shape index (κ3) is 5.04. The third-order valence-electron chi connectivity index (χ3n) is 5.37. The van der Waals surface area contributed by atoms with Crippen molar-refractivity contribution in [2.45, 2.75) is 31.7 Å². The van der Waals surface area contributed by atoms with Crippen molar-refractivity contribution < 1.29 is 14.3 Å². The van der Waals surface area contributed by atoms with Gasteiger partial charge < -0.3 is 14.8 Å². The number of amides is 1. The number of nitrogens with one attached hydrogen (secondary N) is 1. The van der Waals surface area contributed by atoms with Crippen LogP contribution in [0.5, 0.6) is 11.5 Å². The highest BCUT2D eigenvalue weighted by Gasteiger charge is 2.24. The number of nitrogens with zero attached hydrogens (tertiary/aromatic N) is 1. The summed E-state index contributed by atoms with van der Waals surface area (Å²) in [5.74, 6) is 0.883. The number of piperidine rings is 1.